The summed E-state index contributed by atoms with van der Waals surface area (Å²) < 4.78 is 5.98. The van der Waals surface area contributed by atoms with Gasteiger partial charge in [-0.2, -0.15) is 0 Å². The molecule has 0 spiro atoms. The number of carboxylic acids is 1. The highest BCUT2D eigenvalue weighted by Crippen LogP contribution is 2.37. The molecule has 0 saturated carbocycles. The molecule has 0 aliphatic rings. The molecule has 0 heterocycles. The van der Waals surface area contributed by atoms with Crippen molar-refractivity contribution in [1.82, 2.24) is 5.32 Å². The molecule has 0 fully saturated rings. The van der Waals surface area contributed by atoms with Crippen molar-refractivity contribution in [3.8, 4) is 0 Å². The van der Waals surface area contributed by atoms with Crippen molar-refractivity contribution < 1.29 is 19.1 Å². The summed E-state index contributed by atoms with van der Waals surface area (Å²) in [6.07, 6.45) is -0.599. The Morgan fingerprint density at radius 3 is 2.11 bits per heavy atom. The second-order valence-corrected chi connectivity index (χ2v) is 10.7. The van der Waals surface area contributed by atoms with Gasteiger partial charge < -0.3 is 14.8 Å². The summed E-state index contributed by atoms with van der Waals surface area (Å²) in [4.78, 5) is 22.2. The largest absolute Gasteiger partial charge is 0.481 e. The molecule has 106 valence electrons. The first kappa shape index (κ1) is 17.1. The highest BCUT2D eigenvalue weighted by molar-refractivity contribution is 6.74. The Kier molecular flexibility index (Phi) is 6.02. The van der Waals surface area contributed by atoms with Crippen LogP contribution < -0.4 is 5.32 Å². The first-order valence-electron chi connectivity index (χ1n) is 6.10. The van der Waals surface area contributed by atoms with E-state index in [2.05, 4.69) is 26.1 Å². The number of nitrogens with one attached hydrogen (secondary N) is 1. The lowest BCUT2D eigenvalue weighted by molar-refractivity contribution is -0.139. The van der Waals surface area contributed by atoms with E-state index in [4.69, 9.17) is 9.53 Å². The van der Waals surface area contributed by atoms with Gasteiger partial charge in [-0.05, 0) is 18.1 Å². The van der Waals surface area contributed by atoms with E-state index in [1.165, 1.54) is 7.05 Å². The van der Waals surface area contributed by atoms with E-state index in [1.807, 2.05) is 13.1 Å². The van der Waals surface area contributed by atoms with Crippen LogP contribution in [0, 0.1) is 0 Å². The van der Waals surface area contributed by atoms with Gasteiger partial charge in [0.05, 0.1) is 18.9 Å². The molecule has 0 aliphatic carbocycles. The van der Waals surface area contributed by atoms with Crippen molar-refractivity contribution in [2.45, 2.75) is 57.8 Å². The summed E-state index contributed by atoms with van der Waals surface area (Å²) in [5.41, 5.74) is 0. The molecule has 0 saturated heterocycles. The third-order valence-electron chi connectivity index (χ3n) is 3.36. The van der Waals surface area contributed by atoms with E-state index in [0.717, 1.165) is 0 Å². The molecule has 5 nitrogen and oxygen atoms in total. The van der Waals surface area contributed by atoms with Crippen LogP contribution in [-0.4, -0.2) is 38.5 Å². The molecule has 0 rings (SSSR count). The number of carboxylic acid groups (broad SMARTS) is 1. The van der Waals surface area contributed by atoms with Gasteiger partial charge in [0, 0.05) is 7.05 Å². The van der Waals surface area contributed by atoms with Crippen molar-refractivity contribution in [3.05, 3.63) is 0 Å². The summed E-state index contributed by atoms with van der Waals surface area (Å²) in [7, 11) is -0.524. The normalized spacial score (nSPS) is 14.1. The fourth-order valence-electron chi connectivity index (χ4n) is 1.25. The van der Waals surface area contributed by atoms with Crippen LogP contribution in [0.2, 0.25) is 18.1 Å². The van der Waals surface area contributed by atoms with E-state index >= 15 is 0 Å². The van der Waals surface area contributed by atoms with Crippen LogP contribution in [0.3, 0.4) is 0 Å². The second-order valence-electron chi connectivity index (χ2n) is 5.98. The van der Waals surface area contributed by atoms with Gasteiger partial charge in [-0.25, -0.2) is 0 Å². The molecule has 0 aromatic rings. The maximum Gasteiger partial charge on any atom is 0.305 e. The minimum absolute atomic E-state index is 0.00750. The Balaban J connectivity index is 4.78. The summed E-state index contributed by atoms with van der Waals surface area (Å²) >= 11 is 0. The zero-order valence-corrected chi connectivity index (χ0v) is 13.2. The van der Waals surface area contributed by atoms with Crippen molar-refractivity contribution >= 4 is 20.2 Å². The van der Waals surface area contributed by atoms with Gasteiger partial charge in [-0.3, -0.25) is 9.59 Å². The average Bonchev–Trinajstić information content (AvgIpc) is 2.13. The average molecular weight is 275 g/mol. The monoisotopic (exact) mass is 275 g/mol. The maximum absolute atomic E-state index is 11.4. The Labute approximate surface area is 110 Å². The van der Waals surface area contributed by atoms with Crippen molar-refractivity contribution in [2.75, 3.05) is 7.05 Å². The molecule has 0 aromatic carbocycles. The minimum atomic E-state index is -2.06. The number of hydrogen-bond donors (Lipinski definition) is 2. The second kappa shape index (κ2) is 6.33. The van der Waals surface area contributed by atoms with Crippen molar-refractivity contribution in [1.29, 1.82) is 0 Å². The van der Waals surface area contributed by atoms with Gasteiger partial charge in [0.2, 0.25) is 5.91 Å². The molecular weight excluding hydrogens is 250 g/mol. The molecular formula is C12H25NO4Si. The zero-order valence-electron chi connectivity index (χ0n) is 12.2. The Hall–Kier alpha value is -0.883. The van der Waals surface area contributed by atoms with Gasteiger partial charge in [0.1, 0.15) is 0 Å². The van der Waals surface area contributed by atoms with E-state index in [-0.39, 0.29) is 23.8 Å². The maximum atomic E-state index is 11.4. The van der Waals surface area contributed by atoms with Crippen LogP contribution in [0.25, 0.3) is 0 Å². The first-order valence-corrected chi connectivity index (χ1v) is 9.00. The molecule has 2 N–H and O–H groups in total. The minimum Gasteiger partial charge on any atom is -0.481 e. The Bertz CT molecular complexity index is 310. The molecule has 1 atom stereocenters. The standard InChI is InChI=1S/C12H25NO4Si/c1-12(2,3)18(5,6)17-9(8-11(15)16)7-10(14)13-4/h9H,7-8H2,1-6H3,(H,13,14)(H,15,16). The first-order chi connectivity index (χ1) is 7.99. The lowest BCUT2D eigenvalue weighted by atomic mass is 10.2. The highest BCUT2D eigenvalue weighted by atomic mass is 28.4. The molecule has 0 bridgehead atoms. The molecule has 0 aliphatic heterocycles. The van der Waals surface area contributed by atoms with Crippen LogP contribution in [0.15, 0.2) is 0 Å². The van der Waals surface area contributed by atoms with E-state index in [1.54, 1.807) is 0 Å². The predicted molar refractivity (Wildman–Crippen MR) is 73.0 cm³/mol. The number of hydrogen-bond acceptors (Lipinski definition) is 3. The Morgan fingerprint density at radius 1 is 1.28 bits per heavy atom. The van der Waals surface area contributed by atoms with E-state index < -0.39 is 20.4 Å². The fourth-order valence-corrected chi connectivity index (χ4v) is 2.61. The number of carbonyl (C=O) groups excluding carboxylic acids is 1. The number of aliphatic carboxylic acids is 1. The van der Waals surface area contributed by atoms with Crippen LogP contribution in [0.5, 0.6) is 0 Å². The fraction of sp³-hybridized carbons (Fsp3) is 0.833. The summed E-state index contributed by atoms with van der Waals surface area (Å²) in [6.45, 7) is 10.3. The van der Waals surface area contributed by atoms with E-state index in [9.17, 15) is 9.59 Å². The van der Waals surface area contributed by atoms with Crippen LogP contribution in [0.4, 0.5) is 0 Å². The van der Waals surface area contributed by atoms with E-state index in [0.29, 0.717) is 0 Å². The van der Waals surface area contributed by atoms with Crippen LogP contribution in [-0.2, 0) is 14.0 Å². The quantitative estimate of drug-likeness (QED) is 0.727. The topological polar surface area (TPSA) is 75.6 Å². The molecule has 0 aromatic heterocycles. The SMILES string of the molecule is CNC(=O)CC(CC(=O)O)O[Si](C)(C)C(C)(C)C. The van der Waals surface area contributed by atoms with Gasteiger partial charge in [-0.15, -0.1) is 0 Å². The lowest BCUT2D eigenvalue weighted by Crippen LogP contribution is -2.45. The Morgan fingerprint density at radius 2 is 1.78 bits per heavy atom. The van der Waals surface area contributed by atoms with Crippen molar-refractivity contribution in [2.24, 2.45) is 0 Å². The van der Waals surface area contributed by atoms with Crippen molar-refractivity contribution in [3.63, 3.8) is 0 Å². The third-order valence-corrected chi connectivity index (χ3v) is 7.90. The molecule has 18 heavy (non-hydrogen) atoms. The van der Waals surface area contributed by atoms with Crippen LogP contribution >= 0.6 is 0 Å². The molecule has 0 radical (unpaired) electrons. The van der Waals surface area contributed by atoms with Crippen LogP contribution in [0.1, 0.15) is 33.6 Å². The third kappa shape index (κ3) is 5.64. The molecule has 6 heteroatoms. The summed E-state index contributed by atoms with van der Waals surface area (Å²) in [5, 5.41) is 11.4. The predicted octanol–water partition coefficient (Wildman–Crippen LogP) is 1.99. The zero-order chi connectivity index (χ0) is 14.6. The number of amides is 1. The number of rotatable bonds is 6. The molecule has 1 unspecified atom stereocenters. The van der Waals surface area contributed by atoms with Gasteiger partial charge >= 0.3 is 5.97 Å². The van der Waals surface area contributed by atoms with Gasteiger partial charge in [0.15, 0.2) is 8.32 Å². The number of carbonyl (C=O) groups is 2. The lowest BCUT2D eigenvalue weighted by Gasteiger charge is -2.38. The smallest absolute Gasteiger partial charge is 0.305 e. The van der Waals surface area contributed by atoms with Gasteiger partial charge in [-0.1, -0.05) is 20.8 Å². The van der Waals surface area contributed by atoms with Gasteiger partial charge in [0.25, 0.3) is 0 Å². The highest BCUT2D eigenvalue weighted by Gasteiger charge is 2.39. The summed E-state index contributed by atoms with van der Waals surface area (Å²) in [6, 6.07) is 0. The summed E-state index contributed by atoms with van der Waals surface area (Å²) in [5.74, 6) is -1.14. The molecule has 1 amide bonds.